The van der Waals surface area contributed by atoms with Gasteiger partial charge in [0.05, 0.1) is 10.0 Å². The second-order valence-electron chi connectivity index (χ2n) is 4.48. The number of rotatable bonds is 2. The highest BCUT2D eigenvalue weighted by Gasteiger charge is 2.22. The minimum Gasteiger partial charge on any atom is -0.339 e. The van der Waals surface area contributed by atoms with Crippen LogP contribution in [0.5, 0.6) is 0 Å². The predicted molar refractivity (Wildman–Crippen MR) is 74.4 cm³/mol. The molecule has 0 atom stereocenters. The van der Waals surface area contributed by atoms with E-state index in [1.54, 1.807) is 18.2 Å². The molecule has 3 nitrogen and oxygen atoms in total. The van der Waals surface area contributed by atoms with Crippen LogP contribution in [-0.2, 0) is 0 Å². The van der Waals surface area contributed by atoms with Gasteiger partial charge in [0.25, 0.3) is 5.91 Å². The van der Waals surface area contributed by atoms with E-state index in [4.69, 9.17) is 23.2 Å². The number of piperidine rings is 1. The fraction of sp³-hybridized carbons (Fsp3) is 0.462. The molecule has 1 N–H and O–H groups in total. The lowest BCUT2D eigenvalue weighted by Gasteiger charge is -2.31. The predicted octanol–water partition coefficient (Wildman–Crippen LogP) is 2.82. The van der Waals surface area contributed by atoms with Crippen LogP contribution in [0.1, 0.15) is 23.2 Å². The lowest BCUT2D eigenvalue weighted by atomic mass is 10.0. The molecule has 18 heavy (non-hydrogen) atoms. The zero-order valence-electron chi connectivity index (χ0n) is 10.2. The molecule has 1 heterocycles. The maximum absolute atomic E-state index is 12.3. The van der Waals surface area contributed by atoms with Gasteiger partial charge in [-0.15, -0.1) is 0 Å². The van der Waals surface area contributed by atoms with E-state index in [0.717, 1.165) is 25.9 Å². The van der Waals surface area contributed by atoms with Gasteiger partial charge in [-0.2, -0.15) is 0 Å². The molecule has 1 aromatic carbocycles. The summed E-state index contributed by atoms with van der Waals surface area (Å²) in [7, 11) is 1.96. The number of hydrogen-bond acceptors (Lipinski definition) is 2. The van der Waals surface area contributed by atoms with E-state index < -0.39 is 0 Å². The molecular weight excluding hydrogens is 271 g/mol. The highest BCUT2D eigenvalue weighted by molar-refractivity contribution is 6.42. The summed E-state index contributed by atoms with van der Waals surface area (Å²) >= 11 is 11.8. The Balaban J connectivity index is 2.05. The fourth-order valence-electron chi connectivity index (χ4n) is 2.18. The van der Waals surface area contributed by atoms with Crippen LogP contribution in [-0.4, -0.2) is 37.0 Å². The Hall–Kier alpha value is -0.770. The molecule has 1 amide bonds. The van der Waals surface area contributed by atoms with Gasteiger partial charge in [-0.3, -0.25) is 4.79 Å². The lowest BCUT2D eigenvalue weighted by molar-refractivity contribution is 0.0707. The van der Waals surface area contributed by atoms with Crippen LogP contribution < -0.4 is 5.32 Å². The first-order valence-corrected chi connectivity index (χ1v) is 6.79. The summed E-state index contributed by atoms with van der Waals surface area (Å²) in [5.41, 5.74) is 0.604. The summed E-state index contributed by atoms with van der Waals surface area (Å²) in [5.74, 6) is 0.0307. The van der Waals surface area contributed by atoms with Crippen molar-refractivity contribution in [1.29, 1.82) is 0 Å². The third-order valence-corrected chi connectivity index (χ3v) is 4.10. The van der Waals surface area contributed by atoms with E-state index in [1.807, 2.05) is 11.9 Å². The SMILES string of the molecule is CNC1CCN(C(=O)c2ccc(Cl)c(Cl)c2)CC1. The van der Waals surface area contributed by atoms with E-state index in [1.165, 1.54) is 0 Å². The number of hydrogen-bond donors (Lipinski definition) is 1. The van der Waals surface area contributed by atoms with E-state index in [2.05, 4.69) is 5.32 Å². The zero-order valence-corrected chi connectivity index (χ0v) is 11.8. The first kappa shape index (κ1) is 13.7. The molecule has 0 unspecified atom stereocenters. The van der Waals surface area contributed by atoms with Crippen molar-refractivity contribution < 1.29 is 4.79 Å². The molecule has 0 aromatic heterocycles. The average Bonchev–Trinajstić information content (AvgIpc) is 2.41. The molecular formula is C13H16Cl2N2O. The largest absolute Gasteiger partial charge is 0.339 e. The van der Waals surface area contributed by atoms with E-state index >= 15 is 0 Å². The van der Waals surface area contributed by atoms with Crippen LogP contribution in [0, 0.1) is 0 Å². The molecule has 1 saturated heterocycles. The standard InChI is InChI=1S/C13H16Cl2N2O/c1-16-10-4-6-17(7-5-10)13(18)9-2-3-11(14)12(15)8-9/h2-3,8,10,16H,4-7H2,1H3. The summed E-state index contributed by atoms with van der Waals surface area (Å²) in [4.78, 5) is 14.1. The van der Waals surface area contributed by atoms with Gasteiger partial charge < -0.3 is 10.2 Å². The van der Waals surface area contributed by atoms with E-state index in [-0.39, 0.29) is 5.91 Å². The van der Waals surface area contributed by atoms with Gasteiger partial charge in [0, 0.05) is 24.7 Å². The summed E-state index contributed by atoms with van der Waals surface area (Å²) < 4.78 is 0. The number of amides is 1. The van der Waals surface area contributed by atoms with Gasteiger partial charge in [-0.25, -0.2) is 0 Å². The van der Waals surface area contributed by atoms with Crippen LogP contribution in [0.25, 0.3) is 0 Å². The van der Waals surface area contributed by atoms with Gasteiger partial charge in [-0.1, -0.05) is 23.2 Å². The van der Waals surface area contributed by atoms with Crippen LogP contribution in [0.15, 0.2) is 18.2 Å². The van der Waals surface area contributed by atoms with Gasteiger partial charge in [0.15, 0.2) is 0 Å². The molecule has 98 valence electrons. The number of halogens is 2. The van der Waals surface area contributed by atoms with Crippen molar-refractivity contribution in [1.82, 2.24) is 10.2 Å². The van der Waals surface area contributed by atoms with Crippen LogP contribution in [0.4, 0.5) is 0 Å². The summed E-state index contributed by atoms with van der Waals surface area (Å²) in [5, 5.41) is 4.14. The number of benzene rings is 1. The Labute approximate surface area is 117 Å². The minimum atomic E-state index is 0.0307. The first-order valence-electron chi connectivity index (χ1n) is 6.03. The molecule has 0 spiro atoms. The minimum absolute atomic E-state index is 0.0307. The zero-order chi connectivity index (χ0) is 13.1. The highest BCUT2D eigenvalue weighted by Crippen LogP contribution is 2.24. The Bertz CT molecular complexity index is 443. The number of carbonyl (C=O) groups is 1. The second-order valence-corrected chi connectivity index (χ2v) is 5.30. The summed E-state index contributed by atoms with van der Waals surface area (Å²) in [6, 6.07) is 5.54. The number of likely N-dealkylation sites (tertiary alicyclic amines) is 1. The van der Waals surface area contributed by atoms with Crippen LogP contribution in [0.3, 0.4) is 0 Å². The monoisotopic (exact) mass is 286 g/mol. The van der Waals surface area contributed by atoms with Gasteiger partial charge in [0.1, 0.15) is 0 Å². The van der Waals surface area contributed by atoms with Crippen molar-refractivity contribution in [2.45, 2.75) is 18.9 Å². The van der Waals surface area contributed by atoms with Crippen molar-refractivity contribution >= 4 is 29.1 Å². The number of nitrogens with one attached hydrogen (secondary N) is 1. The molecule has 1 aliphatic rings. The maximum Gasteiger partial charge on any atom is 0.253 e. The van der Waals surface area contributed by atoms with Crippen molar-refractivity contribution in [3.05, 3.63) is 33.8 Å². The van der Waals surface area contributed by atoms with Crippen molar-refractivity contribution in [3.8, 4) is 0 Å². The van der Waals surface area contributed by atoms with E-state index in [9.17, 15) is 4.79 Å². The van der Waals surface area contributed by atoms with Gasteiger partial charge in [0.2, 0.25) is 0 Å². The Morgan fingerprint density at radius 3 is 2.50 bits per heavy atom. The van der Waals surface area contributed by atoms with Crippen molar-refractivity contribution in [2.75, 3.05) is 20.1 Å². The summed E-state index contributed by atoms with van der Waals surface area (Å²) in [6.45, 7) is 1.56. The Morgan fingerprint density at radius 2 is 1.94 bits per heavy atom. The molecule has 2 rings (SSSR count). The highest BCUT2D eigenvalue weighted by atomic mass is 35.5. The van der Waals surface area contributed by atoms with Crippen LogP contribution in [0.2, 0.25) is 10.0 Å². The quantitative estimate of drug-likeness (QED) is 0.907. The molecule has 1 aliphatic heterocycles. The number of nitrogens with zero attached hydrogens (tertiary/aromatic N) is 1. The van der Waals surface area contributed by atoms with Gasteiger partial charge >= 0.3 is 0 Å². The topological polar surface area (TPSA) is 32.3 Å². The average molecular weight is 287 g/mol. The lowest BCUT2D eigenvalue weighted by Crippen LogP contribution is -2.43. The van der Waals surface area contributed by atoms with E-state index in [0.29, 0.717) is 21.7 Å². The molecule has 1 aromatic rings. The number of carbonyl (C=O) groups excluding carboxylic acids is 1. The van der Waals surface area contributed by atoms with Crippen molar-refractivity contribution in [3.63, 3.8) is 0 Å². The normalized spacial score (nSPS) is 16.9. The molecule has 0 saturated carbocycles. The third kappa shape index (κ3) is 2.97. The molecule has 0 bridgehead atoms. The molecule has 5 heteroatoms. The third-order valence-electron chi connectivity index (χ3n) is 3.36. The molecule has 0 radical (unpaired) electrons. The second kappa shape index (κ2) is 5.91. The first-order chi connectivity index (χ1) is 8.61. The Morgan fingerprint density at radius 1 is 1.28 bits per heavy atom. The smallest absolute Gasteiger partial charge is 0.253 e. The maximum atomic E-state index is 12.3. The van der Waals surface area contributed by atoms with Crippen LogP contribution >= 0.6 is 23.2 Å². The molecule has 1 fully saturated rings. The fourth-order valence-corrected chi connectivity index (χ4v) is 2.48. The summed E-state index contributed by atoms with van der Waals surface area (Å²) in [6.07, 6.45) is 1.98. The van der Waals surface area contributed by atoms with Gasteiger partial charge in [-0.05, 0) is 38.1 Å². The Kier molecular flexibility index (Phi) is 4.49. The van der Waals surface area contributed by atoms with Crippen molar-refractivity contribution in [2.24, 2.45) is 0 Å². The molecule has 0 aliphatic carbocycles.